The second-order valence-electron chi connectivity index (χ2n) is 9.61. The Bertz CT molecular complexity index is 1190. The van der Waals surface area contributed by atoms with Gasteiger partial charge in [0.2, 0.25) is 0 Å². The van der Waals surface area contributed by atoms with Crippen LogP contribution in [0.3, 0.4) is 0 Å². The van der Waals surface area contributed by atoms with Gasteiger partial charge in [-0.2, -0.15) is 18.4 Å². The van der Waals surface area contributed by atoms with Crippen LogP contribution in [-0.4, -0.2) is 69.7 Å². The van der Waals surface area contributed by atoms with Gasteiger partial charge in [0.05, 0.1) is 56.8 Å². The molecule has 2 aromatic rings. The number of anilines is 2. The van der Waals surface area contributed by atoms with Gasteiger partial charge >= 0.3 is 6.18 Å². The number of nitriles is 1. The molecular weight excluding hydrogens is 561 g/mol. The topological polar surface area (TPSA) is 110 Å². The van der Waals surface area contributed by atoms with Crippen molar-refractivity contribution in [1.29, 1.82) is 5.26 Å². The molecule has 0 saturated carbocycles. The molecule has 1 aliphatic rings. The monoisotopic (exact) mass is 596 g/mol. The number of nitrogens with zero attached hydrogens (tertiary/aromatic N) is 3. The van der Waals surface area contributed by atoms with Crippen LogP contribution in [0.2, 0.25) is 0 Å². The molecule has 3 rings (SSSR count). The van der Waals surface area contributed by atoms with Crippen molar-refractivity contribution in [2.24, 2.45) is 5.73 Å². The Morgan fingerprint density at radius 1 is 0.951 bits per heavy atom. The van der Waals surface area contributed by atoms with Gasteiger partial charge < -0.3 is 29.6 Å². The number of halogens is 3. The predicted octanol–water partition coefficient (Wildman–Crippen LogP) is 4.20. The minimum atomic E-state index is -4.75. The fourth-order valence-electron chi connectivity index (χ4n) is 4.31. The highest BCUT2D eigenvalue weighted by atomic mass is 32.1. The molecule has 224 valence electrons. The number of amides is 1. The third kappa shape index (κ3) is 8.27. The molecule has 13 heteroatoms. The largest absolute Gasteiger partial charge is 0.494 e. The normalized spacial score (nSPS) is 16.7. The Balaban J connectivity index is 1.54. The lowest BCUT2D eigenvalue weighted by Crippen LogP contribution is -2.44. The van der Waals surface area contributed by atoms with E-state index in [0.717, 1.165) is 12.1 Å². The van der Waals surface area contributed by atoms with Crippen LogP contribution in [0, 0.1) is 11.3 Å². The Morgan fingerprint density at radius 3 is 2.12 bits per heavy atom. The quantitative estimate of drug-likeness (QED) is 0.233. The third-order valence-corrected chi connectivity index (χ3v) is 6.80. The molecule has 1 heterocycles. The summed E-state index contributed by atoms with van der Waals surface area (Å²) in [6, 6.07) is 11.8. The van der Waals surface area contributed by atoms with Crippen LogP contribution in [0.1, 0.15) is 31.4 Å². The summed E-state index contributed by atoms with van der Waals surface area (Å²) in [5, 5.41) is 9.11. The lowest BCUT2D eigenvalue weighted by atomic mass is 10.0. The summed E-state index contributed by atoms with van der Waals surface area (Å²) in [5.41, 5.74) is 2.35. The van der Waals surface area contributed by atoms with E-state index in [1.807, 2.05) is 0 Å². The van der Waals surface area contributed by atoms with E-state index in [9.17, 15) is 18.0 Å². The number of ether oxygens (including phenoxy) is 4. The zero-order valence-electron chi connectivity index (χ0n) is 23.0. The minimum absolute atomic E-state index is 0.00200. The van der Waals surface area contributed by atoms with E-state index in [-0.39, 0.29) is 5.69 Å². The van der Waals surface area contributed by atoms with Crippen molar-refractivity contribution in [1.82, 2.24) is 0 Å². The molecule has 1 saturated heterocycles. The number of alkyl halides is 3. The van der Waals surface area contributed by atoms with E-state index in [0.29, 0.717) is 70.7 Å². The van der Waals surface area contributed by atoms with Crippen LogP contribution in [-0.2, 0) is 25.2 Å². The van der Waals surface area contributed by atoms with Gasteiger partial charge in [0.25, 0.3) is 5.91 Å². The number of hydrogen-bond donors (Lipinski definition) is 2. The van der Waals surface area contributed by atoms with Crippen molar-refractivity contribution in [2.75, 3.05) is 62.6 Å². The van der Waals surface area contributed by atoms with Crippen LogP contribution in [0.5, 0.6) is 5.75 Å². The average molecular weight is 597 g/mol. The van der Waals surface area contributed by atoms with Crippen LogP contribution in [0.4, 0.5) is 24.5 Å². The maximum Gasteiger partial charge on any atom is 0.417 e. The van der Waals surface area contributed by atoms with Gasteiger partial charge in [-0.15, -0.1) is 12.6 Å². The second-order valence-corrected chi connectivity index (χ2v) is 10.1. The van der Waals surface area contributed by atoms with Crippen molar-refractivity contribution in [3.05, 3.63) is 53.6 Å². The average Bonchev–Trinajstić information content (AvgIpc) is 3.11. The molecule has 2 aromatic carbocycles. The molecule has 0 bridgehead atoms. The first kappa shape index (κ1) is 32.5. The third-order valence-electron chi connectivity index (χ3n) is 6.34. The number of rotatable bonds is 15. The molecule has 1 atom stereocenters. The number of carbonyl (C=O) groups is 1. The van der Waals surface area contributed by atoms with Crippen LogP contribution in [0.25, 0.3) is 0 Å². The van der Waals surface area contributed by atoms with Gasteiger partial charge in [-0.3, -0.25) is 9.69 Å². The molecular formula is C28H35F3N4O5S. The number of thiol groups is 1. The van der Waals surface area contributed by atoms with Gasteiger partial charge in [-0.05, 0) is 56.3 Å². The molecule has 2 N–H and O–H groups in total. The Morgan fingerprint density at radius 2 is 1.54 bits per heavy atom. The number of hydrogen-bond acceptors (Lipinski definition) is 9. The van der Waals surface area contributed by atoms with E-state index < -0.39 is 34.2 Å². The molecule has 0 aliphatic carbocycles. The van der Waals surface area contributed by atoms with E-state index in [1.54, 1.807) is 49.1 Å². The highest BCUT2D eigenvalue weighted by molar-refractivity contribution is 7.81. The minimum Gasteiger partial charge on any atom is -0.494 e. The highest BCUT2D eigenvalue weighted by Crippen LogP contribution is 2.42. The lowest BCUT2D eigenvalue weighted by molar-refractivity contribution is -0.137. The molecule has 1 aliphatic heterocycles. The summed E-state index contributed by atoms with van der Waals surface area (Å²) in [4.78, 5) is 16.3. The van der Waals surface area contributed by atoms with Gasteiger partial charge in [0.15, 0.2) is 5.50 Å². The van der Waals surface area contributed by atoms with Crippen molar-refractivity contribution < 1.29 is 36.9 Å². The number of benzene rings is 2. The van der Waals surface area contributed by atoms with Gasteiger partial charge in [0, 0.05) is 30.9 Å². The van der Waals surface area contributed by atoms with Crippen LogP contribution in [0.15, 0.2) is 42.5 Å². The summed E-state index contributed by atoms with van der Waals surface area (Å²) >= 11 is 4.61. The second kappa shape index (κ2) is 14.7. The van der Waals surface area contributed by atoms with Gasteiger partial charge in [0.1, 0.15) is 11.3 Å². The Kier molecular flexibility index (Phi) is 11.7. The summed E-state index contributed by atoms with van der Waals surface area (Å²) in [5.74, 6) is 0.188. The fourth-order valence-corrected chi connectivity index (χ4v) is 4.97. The van der Waals surface area contributed by atoms with Crippen molar-refractivity contribution in [2.45, 2.75) is 37.5 Å². The highest BCUT2D eigenvalue weighted by Gasteiger charge is 2.51. The Labute approximate surface area is 243 Å². The first-order chi connectivity index (χ1) is 19.5. The van der Waals surface area contributed by atoms with E-state index in [1.165, 1.54) is 11.0 Å². The summed E-state index contributed by atoms with van der Waals surface area (Å²) in [6.07, 6.45) is -4.07. The summed E-state index contributed by atoms with van der Waals surface area (Å²) in [6.45, 7) is 7.24. The van der Waals surface area contributed by atoms with Crippen molar-refractivity contribution in [3.63, 3.8) is 0 Å². The predicted molar refractivity (Wildman–Crippen MR) is 151 cm³/mol. The Hall–Kier alpha value is -3.02. The van der Waals surface area contributed by atoms with Gasteiger partial charge in [-0.25, -0.2) is 0 Å². The molecule has 1 unspecified atom stereocenters. The van der Waals surface area contributed by atoms with Crippen molar-refractivity contribution in [3.8, 4) is 11.8 Å². The summed E-state index contributed by atoms with van der Waals surface area (Å²) < 4.78 is 62.6. The molecule has 41 heavy (non-hydrogen) atoms. The zero-order chi connectivity index (χ0) is 30.0. The van der Waals surface area contributed by atoms with Crippen LogP contribution < -0.4 is 20.3 Å². The smallest absolute Gasteiger partial charge is 0.417 e. The molecule has 1 amide bonds. The number of nitrogens with two attached hydrogens (primary N) is 1. The maximum atomic E-state index is 13.6. The zero-order valence-corrected chi connectivity index (χ0v) is 23.9. The number of carbonyl (C=O) groups excluding carboxylic acids is 1. The van der Waals surface area contributed by atoms with Gasteiger partial charge in [-0.1, -0.05) is 0 Å². The maximum absolute atomic E-state index is 13.6. The van der Waals surface area contributed by atoms with E-state index in [4.69, 9.17) is 29.9 Å². The first-order valence-corrected chi connectivity index (χ1v) is 13.6. The summed E-state index contributed by atoms with van der Waals surface area (Å²) in [7, 11) is 0. The van der Waals surface area contributed by atoms with Crippen LogP contribution >= 0.6 is 12.6 Å². The molecule has 1 fully saturated rings. The molecule has 0 spiro atoms. The fraction of sp³-hybridized carbons (Fsp3) is 0.500. The SMILES string of the molecule is CC1(C)C(=O)N(c2ccc(C#N)c(C(F)(F)F)c2)C(S)N1c1ccc(OCCCOCCOCCOCCN)cc1. The van der Waals surface area contributed by atoms with Crippen molar-refractivity contribution >= 4 is 29.9 Å². The standard InChI is InChI=1S/C28H35F3N4O5S/c1-27(2)25(36)34(22-5-4-20(19-33)24(18-22)28(29,30)31)26(41)35(27)21-6-8-23(9-7-21)40-12-3-11-37-14-16-39-17-15-38-13-10-32/h4-9,18,26,41H,3,10-17,32H2,1-2H3. The molecule has 9 nitrogen and oxygen atoms in total. The molecule has 0 radical (unpaired) electrons. The first-order valence-electron chi connectivity index (χ1n) is 13.1. The van der Waals surface area contributed by atoms with E-state index in [2.05, 4.69) is 12.6 Å². The lowest BCUT2D eigenvalue weighted by Gasteiger charge is -2.33. The molecule has 0 aromatic heterocycles. The van der Waals surface area contributed by atoms with E-state index >= 15 is 0 Å².